The molecule has 4 rings (SSSR count). The van der Waals surface area contributed by atoms with Crippen molar-refractivity contribution >= 4 is 75.5 Å². The quantitative estimate of drug-likeness (QED) is 0.267. The van der Waals surface area contributed by atoms with Crippen molar-refractivity contribution in [2.45, 2.75) is 6.54 Å². The molecule has 0 spiro atoms. The summed E-state index contributed by atoms with van der Waals surface area (Å²) >= 11 is 24.1. The maximum Gasteiger partial charge on any atom is 0.250 e. The van der Waals surface area contributed by atoms with Gasteiger partial charge < -0.3 is 10.2 Å². The molecule has 1 fully saturated rings. The zero-order valence-corrected chi connectivity index (χ0v) is 22.5. The molecule has 1 heterocycles. The minimum Gasteiger partial charge on any atom is -0.368 e. The molecule has 36 heavy (non-hydrogen) atoms. The largest absolute Gasteiger partial charge is 0.368 e. The van der Waals surface area contributed by atoms with Gasteiger partial charge in [-0.15, -0.1) is 0 Å². The van der Waals surface area contributed by atoms with E-state index >= 15 is 0 Å². The van der Waals surface area contributed by atoms with Gasteiger partial charge in [-0.25, -0.2) is 0 Å². The lowest BCUT2D eigenvalue weighted by Gasteiger charge is -2.36. The molecule has 0 aromatic heterocycles. The molecule has 0 bridgehead atoms. The molecule has 0 unspecified atom stereocenters. The van der Waals surface area contributed by atoms with Crippen molar-refractivity contribution in [3.8, 4) is 0 Å². The van der Waals surface area contributed by atoms with E-state index < -0.39 is 0 Å². The zero-order valence-electron chi connectivity index (χ0n) is 19.4. The van der Waals surface area contributed by atoms with Crippen LogP contribution in [-0.2, 0) is 11.3 Å². The molecule has 186 valence electrons. The van der Waals surface area contributed by atoms with Crippen molar-refractivity contribution in [3.63, 3.8) is 0 Å². The molecule has 2 N–H and O–H groups in total. The summed E-state index contributed by atoms with van der Waals surface area (Å²) in [7, 11) is 0. The number of hydrogen-bond acceptors (Lipinski definition) is 4. The fraction of sp³-hybridized carbons (Fsp3) is 0.185. The Labute approximate surface area is 231 Å². The summed E-state index contributed by atoms with van der Waals surface area (Å²) in [5, 5.41) is 7.91. The van der Waals surface area contributed by atoms with Gasteiger partial charge in [0.1, 0.15) is 0 Å². The van der Waals surface area contributed by atoms with Crippen molar-refractivity contribution in [3.05, 3.63) is 99.0 Å². The Hall–Kier alpha value is -2.61. The first-order valence-corrected chi connectivity index (χ1v) is 13.0. The highest BCUT2D eigenvalue weighted by Gasteiger charge is 2.20. The number of anilines is 2. The van der Waals surface area contributed by atoms with E-state index in [2.05, 4.69) is 26.5 Å². The van der Waals surface area contributed by atoms with Crippen LogP contribution in [0.25, 0.3) is 6.08 Å². The number of carbonyl (C=O) groups is 1. The molecule has 9 heteroatoms. The Balaban J connectivity index is 1.27. The van der Waals surface area contributed by atoms with Crippen molar-refractivity contribution in [2.24, 2.45) is 0 Å². The molecule has 0 saturated carbocycles. The number of halogens is 3. The summed E-state index contributed by atoms with van der Waals surface area (Å²) in [6, 6.07) is 20.8. The molecule has 3 aromatic rings. The molecule has 0 aliphatic carbocycles. The van der Waals surface area contributed by atoms with E-state index in [1.54, 1.807) is 18.2 Å². The Morgan fingerprint density at radius 1 is 0.917 bits per heavy atom. The molecule has 1 amide bonds. The lowest BCUT2D eigenvalue weighted by atomic mass is 10.2. The summed E-state index contributed by atoms with van der Waals surface area (Å²) in [5.74, 6) is -0.333. The van der Waals surface area contributed by atoms with Gasteiger partial charge in [-0.3, -0.25) is 15.0 Å². The van der Waals surface area contributed by atoms with E-state index in [0.717, 1.165) is 54.6 Å². The number of amides is 1. The number of benzene rings is 3. The zero-order chi connectivity index (χ0) is 25.5. The first kappa shape index (κ1) is 26.5. The number of nitrogens with one attached hydrogen (secondary N) is 2. The maximum absolute atomic E-state index is 12.2. The van der Waals surface area contributed by atoms with Crippen molar-refractivity contribution in [1.29, 1.82) is 0 Å². The highest BCUT2D eigenvalue weighted by Crippen LogP contribution is 2.30. The SMILES string of the molecule is O=C(C=Cc1ccc(Cl)cc1)NC(=S)Nc1ccc(N2CCN(Cc3ccccc3Cl)CC2)c(Cl)c1. The summed E-state index contributed by atoms with van der Waals surface area (Å²) in [4.78, 5) is 16.8. The molecular weight excluding hydrogens is 535 g/mol. The van der Waals surface area contributed by atoms with Crippen LogP contribution in [0, 0.1) is 0 Å². The second kappa shape index (κ2) is 12.6. The van der Waals surface area contributed by atoms with Crippen LogP contribution in [0.1, 0.15) is 11.1 Å². The van der Waals surface area contributed by atoms with Gasteiger partial charge in [-0.05, 0) is 65.8 Å². The maximum atomic E-state index is 12.2. The van der Waals surface area contributed by atoms with Gasteiger partial charge in [0.2, 0.25) is 5.91 Å². The van der Waals surface area contributed by atoms with Crippen LogP contribution in [0.2, 0.25) is 15.1 Å². The molecule has 0 atom stereocenters. The smallest absolute Gasteiger partial charge is 0.250 e. The molecule has 1 aliphatic heterocycles. The number of piperazine rings is 1. The Morgan fingerprint density at radius 3 is 2.33 bits per heavy atom. The van der Waals surface area contributed by atoms with E-state index in [1.165, 1.54) is 6.08 Å². The van der Waals surface area contributed by atoms with Gasteiger partial charge in [0.15, 0.2) is 5.11 Å². The van der Waals surface area contributed by atoms with Gasteiger partial charge in [-0.2, -0.15) is 0 Å². The fourth-order valence-electron chi connectivity index (χ4n) is 3.92. The first-order chi connectivity index (χ1) is 17.4. The van der Waals surface area contributed by atoms with Crippen LogP contribution in [0.5, 0.6) is 0 Å². The highest BCUT2D eigenvalue weighted by atomic mass is 35.5. The van der Waals surface area contributed by atoms with Crippen LogP contribution in [0.4, 0.5) is 11.4 Å². The Bertz CT molecular complexity index is 1260. The van der Waals surface area contributed by atoms with Crippen LogP contribution in [0.3, 0.4) is 0 Å². The normalized spacial score (nSPS) is 14.1. The van der Waals surface area contributed by atoms with Gasteiger partial charge in [0.25, 0.3) is 0 Å². The van der Waals surface area contributed by atoms with Crippen molar-refractivity contribution in [2.75, 3.05) is 36.4 Å². The minimum atomic E-state index is -0.333. The van der Waals surface area contributed by atoms with Crippen LogP contribution in [-0.4, -0.2) is 42.1 Å². The standard InChI is InChI=1S/C27H25Cl3N4OS/c28-21-8-5-19(6-9-21)7-12-26(35)32-27(36)31-22-10-11-25(24(30)17-22)34-15-13-33(14-16-34)18-20-3-1-2-4-23(20)29/h1-12,17H,13-16,18H2,(H2,31,32,35,36). The monoisotopic (exact) mass is 558 g/mol. The highest BCUT2D eigenvalue weighted by molar-refractivity contribution is 7.80. The van der Waals surface area contributed by atoms with Gasteiger partial charge >= 0.3 is 0 Å². The van der Waals surface area contributed by atoms with Crippen molar-refractivity contribution < 1.29 is 4.79 Å². The number of rotatable bonds is 6. The second-order valence-corrected chi connectivity index (χ2v) is 10.0. The van der Waals surface area contributed by atoms with Crippen LogP contribution < -0.4 is 15.5 Å². The van der Waals surface area contributed by atoms with Gasteiger partial charge in [-0.1, -0.05) is 65.1 Å². The third-order valence-corrected chi connectivity index (χ3v) is 6.93. The number of nitrogens with zero attached hydrogens (tertiary/aromatic N) is 2. The third kappa shape index (κ3) is 7.45. The Morgan fingerprint density at radius 2 is 1.64 bits per heavy atom. The summed E-state index contributed by atoms with van der Waals surface area (Å²) in [6.45, 7) is 4.40. The summed E-state index contributed by atoms with van der Waals surface area (Å²) in [6.07, 6.45) is 3.10. The van der Waals surface area contributed by atoms with E-state index in [-0.39, 0.29) is 11.0 Å². The lowest BCUT2D eigenvalue weighted by molar-refractivity contribution is -0.115. The third-order valence-electron chi connectivity index (χ3n) is 5.80. The molecule has 1 aliphatic rings. The van der Waals surface area contributed by atoms with Crippen LogP contribution in [0.15, 0.2) is 72.8 Å². The molecule has 5 nitrogen and oxygen atoms in total. The molecule has 0 radical (unpaired) electrons. The van der Waals surface area contributed by atoms with E-state index in [9.17, 15) is 4.79 Å². The average Bonchev–Trinajstić information content (AvgIpc) is 2.86. The van der Waals surface area contributed by atoms with Crippen molar-refractivity contribution in [1.82, 2.24) is 10.2 Å². The molecule has 3 aromatic carbocycles. The van der Waals surface area contributed by atoms with Gasteiger partial charge in [0.05, 0.1) is 10.7 Å². The van der Waals surface area contributed by atoms with E-state index in [4.69, 9.17) is 47.0 Å². The topological polar surface area (TPSA) is 47.6 Å². The number of carbonyl (C=O) groups excluding carboxylic acids is 1. The van der Waals surface area contributed by atoms with E-state index in [1.807, 2.05) is 48.5 Å². The summed E-state index contributed by atoms with van der Waals surface area (Å²) < 4.78 is 0. The van der Waals surface area contributed by atoms with E-state index in [0.29, 0.717) is 15.7 Å². The predicted molar refractivity (Wildman–Crippen MR) is 155 cm³/mol. The van der Waals surface area contributed by atoms with Crippen LogP contribution >= 0.6 is 47.0 Å². The predicted octanol–water partition coefficient (Wildman–Crippen LogP) is 6.50. The molecule has 1 saturated heterocycles. The summed E-state index contributed by atoms with van der Waals surface area (Å²) in [5.41, 5.74) is 3.68. The van der Waals surface area contributed by atoms with Gasteiger partial charge in [0, 0.05) is 54.5 Å². The second-order valence-electron chi connectivity index (χ2n) is 8.35. The minimum absolute atomic E-state index is 0.192. The number of hydrogen-bond donors (Lipinski definition) is 2. The lowest BCUT2D eigenvalue weighted by Crippen LogP contribution is -2.46. The Kier molecular flexibility index (Phi) is 9.24. The first-order valence-electron chi connectivity index (χ1n) is 11.4. The fourth-order valence-corrected chi connectivity index (χ4v) is 4.76. The molecular formula is C27H25Cl3N4OS. The average molecular weight is 560 g/mol. The number of thiocarbonyl (C=S) groups is 1.